The molecule has 0 fully saturated rings. The average Bonchev–Trinajstić information content (AvgIpc) is 3.07. The zero-order valence-electron chi connectivity index (χ0n) is 12.8. The second-order valence-corrected chi connectivity index (χ2v) is 6.90. The number of nitrogens with zero attached hydrogens (tertiary/aromatic N) is 4. The van der Waals surface area contributed by atoms with E-state index in [-0.39, 0.29) is 0 Å². The molecule has 0 saturated heterocycles. The quantitative estimate of drug-likeness (QED) is 0.505. The summed E-state index contributed by atoms with van der Waals surface area (Å²) in [6.45, 7) is 1.72. The molecular formula is C16H16Cl2N5S+. The normalized spacial score (nSPS) is 10.9. The van der Waals surface area contributed by atoms with Crippen LogP contribution in [0.1, 0.15) is 5.56 Å². The maximum absolute atomic E-state index is 6.19. The Hall–Kier alpha value is -1.60. The van der Waals surface area contributed by atoms with E-state index in [1.165, 1.54) is 0 Å². The predicted octanol–water partition coefficient (Wildman–Crippen LogP) is 2.82. The van der Waals surface area contributed by atoms with Crippen LogP contribution in [0.25, 0.3) is 5.69 Å². The summed E-state index contributed by atoms with van der Waals surface area (Å²) in [5.41, 5.74) is 2.00. The van der Waals surface area contributed by atoms with Crippen molar-refractivity contribution in [2.24, 2.45) is 0 Å². The number of tetrazole rings is 1. The van der Waals surface area contributed by atoms with Gasteiger partial charge in [-0.2, -0.15) is 4.68 Å². The summed E-state index contributed by atoms with van der Waals surface area (Å²) in [5, 5.41) is 16.1. The van der Waals surface area contributed by atoms with Gasteiger partial charge in [-0.25, -0.2) is 0 Å². The van der Waals surface area contributed by atoms with Crippen LogP contribution in [-0.4, -0.2) is 32.5 Å². The standard InChI is InChI=1S/C16H15Cl2N5S/c17-14-8-4-5-12(15(14)18)11-19-9-10-24-16-20-21-22-23(16)13-6-2-1-3-7-13/h1-8,19H,9-11H2/p+1. The number of benzene rings is 2. The first-order chi connectivity index (χ1) is 11.8. The van der Waals surface area contributed by atoms with Crippen LogP contribution >= 0.6 is 35.0 Å². The van der Waals surface area contributed by atoms with Gasteiger partial charge in [-0.1, -0.05) is 65.3 Å². The van der Waals surface area contributed by atoms with E-state index in [1.807, 2.05) is 42.5 Å². The summed E-state index contributed by atoms with van der Waals surface area (Å²) in [4.78, 5) is 0. The highest BCUT2D eigenvalue weighted by Gasteiger charge is 2.09. The van der Waals surface area contributed by atoms with Gasteiger partial charge in [0.15, 0.2) is 0 Å². The van der Waals surface area contributed by atoms with Gasteiger partial charge in [0.1, 0.15) is 6.54 Å². The van der Waals surface area contributed by atoms with Crippen molar-refractivity contribution in [3.63, 3.8) is 0 Å². The fourth-order valence-corrected chi connectivity index (χ4v) is 3.42. The lowest BCUT2D eigenvalue weighted by Crippen LogP contribution is -2.83. The van der Waals surface area contributed by atoms with E-state index < -0.39 is 0 Å². The number of aromatic nitrogens is 4. The Balaban J connectivity index is 1.50. The Labute approximate surface area is 154 Å². The summed E-state index contributed by atoms with van der Waals surface area (Å²) in [7, 11) is 0. The van der Waals surface area contributed by atoms with Crippen LogP contribution in [-0.2, 0) is 6.54 Å². The highest BCUT2D eigenvalue weighted by atomic mass is 35.5. The lowest BCUT2D eigenvalue weighted by molar-refractivity contribution is -0.666. The van der Waals surface area contributed by atoms with Crippen molar-refractivity contribution >= 4 is 35.0 Å². The zero-order chi connectivity index (χ0) is 16.8. The van der Waals surface area contributed by atoms with Gasteiger partial charge in [-0.05, 0) is 28.6 Å². The molecule has 0 aliphatic carbocycles. The molecule has 3 aromatic rings. The molecule has 2 N–H and O–H groups in total. The molecule has 0 bridgehead atoms. The molecule has 124 valence electrons. The molecule has 1 heterocycles. The number of hydrogen-bond acceptors (Lipinski definition) is 4. The molecule has 24 heavy (non-hydrogen) atoms. The van der Waals surface area contributed by atoms with Crippen LogP contribution in [0, 0.1) is 0 Å². The van der Waals surface area contributed by atoms with Gasteiger partial charge in [0.25, 0.3) is 0 Å². The van der Waals surface area contributed by atoms with E-state index in [4.69, 9.17) is 23.2 Å². The maximum atomic E-state index is 6.19. The van der Waals surface area contributed by atoms with Crippen LogP contribution in [0.15, 0.2) is 53.7 Å². The van der Waals surface area contributed by atoms with E-state index in [0.29, 0.717) is 10.0 Å². The second kappa shape index (κ2) is 8.48. The summed E-state index contributed by atoms with van der Waals surface area (Å²) in [6.07, 6.45) is 0. The predicted molar refractivity (Wildman–Crippen MR) is 96.8 cm³/mol. The maximum Gasteiger partial charge on any atom is 0.214 e. The van der Waals surface area contributed by atoms with E-state index >= 15 is 0 Å². The van der Waals surface area contributed by atoms with Crippen LogP contribution < -0.4 is 5.32 Å². The monoisotopic (exact) mass is 380 g/mol. The zero-order valence-corrected chi connectivity index (χ0v) is 15.1. The van der Waals surface area contributed by atoms with Gasteiger partial charge < -0.3 is 5.32 Å². The molecule has 0 spiro atoms. The number of rotatable bonds is 7. The summed E-state index contributed by atoms with van der Waals surface area (Å²) < 4.78 is 1.75. The molecule has 5 nitrogen and oxygen atoms in total. The SMILES string of the molecule is Clc1cccc(C[NH2+]CCSc2nnnn2-c2ccccc2)c1Cl. The number of nitrogens with two attached hydrogens (primary N) is 1. The minimum atomic E-state index is 0.596. The lowest BCUT2D eigenvalue weighted by Gasteiger charge is -2.06. The Morgan fingerprint density at radius 2 is 1.88 bits per heavy atom. The van der Waals surface area contributed by atoms with Gasteiger partial charge in [-0.15, -0.1) is 5.10 Å². The van der Waals surface area contributed by atoms with Crippen molar-refractivity contribution in [1.82, 2.24) is 20.2 Å². The van der Waals surface area contributed by atoms with Gasteiger partial charge >= 0.3 is 0 Å². The molecule has 0 radical (unpaired) electrons. The number of hydrogen-bond donors (Lipinski definition) is 1. The van der Waals surface area contributed by atoms with Crippen LogP contribution in [0.3, 0.4) is 0 Å². The highest BCUT2D eigenvalue weighted by Crippen LogP contribution is 2.24. The first-order valence-electron chi connectivity index (χ1n) is 7.47. The van der Waals surface area contributed by atoms with Crippen molar-refractivity contribution in [3.8, 4) is 5.69 Å². The Morgan fingerprint density at radius 1 is 1.04 bits per heavy atom. The van der Waals surface area contributed by atoms with Crippen molar-refractivity contribution in [3.05, 3.63) is 64.1 Å². The van der Waals surface area contributed by atoms with E-state index in [2.05, 4.69) is 20.8 Å². The van der Waals surface area contributed by atoms with Crippen molar-refractivity contribution in [1.29, 1.82) is 0 Å². The molecule has 0 amide bonds. The molecule has 3 rings (SSSR count). The summed E-state index contributed by atoms with van der Waals surface area (Å²) in [5.74, 6) is 0.894. The molecule has 0 unspecified atom stereocenters. The molecular weight excluding hydrogens is 365 g/mol. The van der Waals surface area contributed by atoms with Crippen molar-refractivity contribution in [2.45, 2.75) is 11.7 Å². The summed E-state index contributed by atoms with van der Waals surface area (Å²) in [6, 6.07) is 15.6. The fourth-order valence-electron chi connectivity index (χ4n) is 2.20. The smallest absolute Gasteiger partial charge is 0.214 e. The third-order valence-electron chi connectivity index (χ3n) is 3.39. The van der Waals surface area contributed by atoms with Crippen LogP contribution in [0.2, 0.25) is 10.0 Å². The van der Waals surface area contributed by atoms with Crippen molar-refractivity contribution < 1.29 is 5.32 Å². The first kappa shape index (κ1) is 17.2. The number of thioether (sulfide) groups is 1. The Bertz CT molecular complexity index is 794. The molecule has 8 heteroatoms. The topological polar surface area (TPSA) is 60.2 Å². The molecule has 0 aliphatic heterocycles. The average molecular weight is 381 g/mol. The lowest BCUT2D eigenvalue weighted by atomic mass is 10.2. The van der Waals surface area contributed by atoms with E-state index in [1.54, 1.807) is 22.5 Å². The van der Waals surface area contributed by atoms with Crippen LogP contribution in [0.5, 0.6) is 0 Å². The van der Waals surface area contributed by atoms with Crippen molar-refractivity contribution in [2.75, 3.05) is 12.3 Å². The minimum Gasteiger partial charge on any atom is -0.342 e. The Morgan fingerprint density at radius 3 is 2.71 bits per heavy atom. The second-order valence-electron chi connectivity index (χ2n) is 5.05. The van der Waals surface area contributed by atoms with E-state index in [9.17, 15) is 0 Å². The number of quaternary nitrogens is 1. The van der Waals surface area contributed by atoms with Crippen LogP contribution in [0.4, 0.5) is 0 Å². The fraction of sp³-hybridized carbons (Fsp3) is 0.188. The third-order valence-corrected chi connectivity index (χ3v) is 5.20. The molecule has 0 aliphatic rings. The minimum absolute atomic E-state index is 0.596. The number of halogens is 2. The Kier molecular flexibility index (Phi) is 6.09. The van der Waals surface area contributed by atoms with Gasteiger partial charge in [-0.3, -0.25) is 0 Å². The largest absolute Gasteiger partial charge is 0.342 e. The first-order valence-corrected chi connectivity index (χ1v) is 9.21. The van der Waals surface area contributed by atoms with Gasteiger partial charge in [0.2, 0.25) is 5.16 Å². The summed E-state index contributed by atoms with van der Waals surface area (Å²) >= 11 is 13.8. The molecule has 0 atom stereocenters. The number of para-hydroxylation sites is 1. The third kappa shape index (κ3) is 4.27. The van der Waals surface area contributed by atoms with E-state index in [0.717, 1.165) is 35.2 Å². The van der Waals surface area contributed by atoms with Gasteiger partial charge in [0, 0.05) is 5.56 Å². The molecule has 0 saturated carbocycles. The molecule has 1 aromatic heterocycles. The highest BCUT2D eigenvalue weighted by molar-refractivity contribution is 7.99. The van der Waals surface area contributed by atoms with Gasteiger partial charge in [0.05, 0.1) is 28.0 Å². The molecule has 2 aromatic carbocycles.